The Morgan fingerprint density at radius 3 is 2.19 bits per heavy atom. The Bertz CT molecular complexity index is 2250. The van der Waals surface area contributed by atoms with Gasteiger partial charge in [-0.1, -0.05) is 64.1 Å². The summed E-state index contributed by atoms with van der Waals surface area (Å²) in [5, 5.41) is 7.61. The van der Waals surface area contributed by atoms with Crippen LogP contribution in [0.5, 0.6) is 11.5 Å². The van der Waals surface area contributed by atoms with Crippen molar-refractivity contribution >= 4 is 21.8 Å². The summed E-state index contributed by atoms with van der Waals surface area (Å²) in [5.74, 6) is 2.79. The van der Waals surface area contributed by atoms with Crippen LogP contribution in [0.1, 0.15) is 67.3 Å². The first-order valence-electron chi connectivity index (χ1n) is 16.7. The SMILES string of the molecule is CCc1nn(-c2cc(Oc3ccc4c5ccccc5n(-c5cc(C)ccn5)c4c3)cc(C(C)C)c2)c(CC)c1-c1c(C)cccc1C. The fourth-order valence-corrected chi connectivity index (χ4v) is 6.95. The van der Waals surface area contributed by atoms with E-state index >= 15 is 0 Å². The monoisotopic (exact) mass is 618 g/mol. The molecule has 0 unspecified atom stereocenters. The van der Waals surface area contributed by atoms with E-state index in [9.17, 15) is 0 Å². The third-order valence-corrected chi connectivity index (χ3v) is 9.29. The molecule has 3 aromatic heterocycles. The second-order valence-electron chi connectivity index (χ2n) is 12.9. The summed E-state index contributed by atoms with van der Waals surface area (Å²) in [7, 11) is 0. The molecule has 0 aliphatic rings. The molecule has 0 N–H and O–H groups in total. The average Bonchev–Trinajstić information content (AvgIpc) is 3.60. The molecule has 0 aliphatic heterocycles. The minimum Gasteiger partial charge on any atom is -0.457 e. The molecule has 0 saturated carbocycles. The number of rotatable bonds is 8. The van der Waals surface area contributed by atoms with Crippen LogP contribution in [-0.4, -0.2) is 19.3 Å². The van der Waals surface area contributed by atoms with Crippen molar-refractivity contribution < 1.29 is 4.74 Å². The lowest BCUT2D eigenvalue weighted by molar-refractivity contribution is 0.481. The van der Waals surface area contributed by atoms with Crippen LogP contribution in [0, 0.1) is 20.8 Å². The van der Waals surface area contributed by atoms with Crippen LogP contribution in [0.2, 0.25) is 0 Å². The Hall–Kier alpha value is -5.16. The summed E-state index contributed by atoms with van der Waals surface area (Å²) in [4.78, 5) is 4.75. The first-order valence-corrected chi connectivity index (χ1v) is 16.7. The highest BCUT2D eigenvalue weighted by molar-refractivity contribution is 6.09. The van der Waals surface area contributed by atoms with Crippen LogP contribution in [0.4, 0.5) is 0 Å². The third kappa shape index (κ3) is 5.40. The molecule has 236 valence electrons. The number of aromatic nitrogens is 4. The zero-order valence-corrected chi connectivity index (χ0v) is 28.4. The lowest BCUT2D eigenvalue weighted by atomic mass is 9.92. The van der Waals surface area contributed by atoms with E-state index in [4.69, 9.17) is 14.8 Å². The molecule has 4 aromatic carbocycles. The summed E-state index contributed by atoms with van der Waals surface area (Å²) in [5.41, 5.74) is 13.1. The highest BCUT2D eigenvalue weighted by Gasteiger charge is 2.22. The number of ether oxygens (including phenoxy) is 1. The number of para-hydroxylation sites is 1. The van der Waals surface area contributed by atoms with Gasteiger partial charge in [0.1, 0.15) is 17.3 Å². The minimum atomic E-state index is 0.319. The Labute approximate surface area is 277 Å². The summed E-state index contributed by atoms with van der Waals surface area (Å²) in [6, 6.07) is 32.2. The van der Waals surface area contributed by atoms with Gasteiger partial charge < -0.3 is 4.74 Å². The zero-order chi connectivity index (χ0) is 32.8. The summed E-state index contributed by atoms with van der Waals surface area (Å²) in [6.45, 7) is 15.4. The van der Waals surface area contributed by atoms with Crippen LogP contribution in [0.3, 0.4) is 0 Å². The molecular weight excluding hydrogens is 576 g/mol. The minimum absolute atomic E-state index is 0.319. The van der Waals surface area contributed by atoms with E-state index in [1.54, 1.807) is 0 Å². The van der Waals surface area contributed by atoms with Gasteiger partial charge in [-0.25, -0.2) is 9.67 Å². The van der Waals surface area contributed by atoms with Crippen LogP contribution in [0.15, 0.2) is 97.2 Å². The van der Waals surface area contributed by atoms with E-state index in [0.717, 1.165) is 52.6 Å². The van der Waals surface area contributed by atoms with E-state index in [1.165, 1.54) is 49.8 Å². The maximum absolute atomic E-state index is 6.73. The normalized spacial score (nSPS) is 11.7. The maximum Gasteiger partial charge on any atom is 0.137 e. The van der Waals surface area contributed by atoms with Gasteiger partial charge >= 0.3 is 0 Å². The Balaban J connectivity index is 1.37. The predicted molar refractivity (Wildman–Crippen MR) is 195 cm³/mol. The number of aryl methyl sites for hydroxylation is 4. The zero-order valence-electron chi connectivity index (χ0n) is 28.4. The van der Waals surface area contributed by atoms with E-state index in [-0.39, 0.29) is 0 Å². The van der Waals surface area contributed by atoms with Crippen molar-refractivity contribution in [1.29, 1.82) is 0 Å². The molecule has 47 heavy (non-hydrogen) atoms. The fraction of sp³-hybridized carbons (Fsp3) is 0.238. The standard InChI is InChI=1S/C42H42N4O/c1-8-36-42(41-28(6)13-12-14-29(41)7)37(9-2)46(44-36)31-22-30(26(3)4)23-33(24-31)47-32-17-18-35-34-15-10-11-16-38(34)45(39(35)25-32)40-21-27(5)19-20-43-40/h10-26H,8-9H2,1-7H3. The first kappa shape index (κ1) is 30.5. The highest BCUT2D eigenvalue weighted by atomic mass is 16.5. The van der Waals surface area contributed by atoms with Crippen LogP contribution >= 0.6 is 0 Å². The fourth-order valence-electron chi connectivity index (χ4n) is 6.95. The first-order chi connectivity index (χ1) is 22.8. The molecule has 7 rings (SSSR count). The van der Waals surface area contributed by atoms with Gasteiger partial charge in [-0.2, -0.15) is 5.10 Å². The van der Waals surface area contributed by atoms with Gasteiger partial charge in [0.05, 0.1) is 28.1 Å². The number of hydrogen-bond acceptors (Lipinski definition) is 3. The quantitative estimate of drug-likeness (QED) is 0.170. The lowest BCUT2D eigenvalue weighted by Crippen LogP contribution is -2.04. The molecule has 0 aliphatic carbocycles. The molecule has 0 radical (unpaired) electrons. The average molecular weight is 619 g/mol. The van der Waals surface area contributed by atoms with Crippen molar-refractivity contribution in [2.45, 2.75) is 67.2 Å². The van der Waals surface area contributed by atoms with E-state index in [2.05, 4.69) is 143 Å². The second-order valence-corrected chi connectivity index (χ2v) is 12.9. The van der Waals surface area contributed by atoms with Crippen molar-refractivity contribution in [2.24, 2.45) is 0 Å². The van der Waals surface area contributed by atoms with Crippen molar-refractivity contribution in [3.8, 4) is 34.1 Å². The molecule has 5 nitrogen and oxygen atoms in total. The van der Waals surface area contributed by atoms with Gasteiger partial charge in [0, 0.05) is 34.7 Å². The smallest absolute Gasteiger partial charge is 0.137 e. The highest BCUT2D eigenvalue weighted by Crippen LogP contribution is 2.38. The lowest BCUT2D eigenvalue weighted by Gasteiger charge is -2.16. The Morgan fingerprint density at radius 2 is 1.47 bits per heavy atom. The number of hydrogen-bond donors (Lipinski definition) is 0. The van der Waals surface area contributed by atoms with E-state index in [0.29, 0.717) is 5.92 Å². The molecule has 0 bridgehead atoms. The van der Waals surface area contributed by atoms with Gasteiger partial charge in [-0.15, -0.1) is 0 Å². The van der Waals surface area contributed by atoms with Crippen LogP contribution < -0.4 is 4.74 Å². The molecule has 0 fully saturated rings. The molecule has 3 heterocycles. The summed E-state index contributed by atoms with van der Waals surface area (Å²) in [6.07, 6.45) is 3.60. The third-order valence-electron chi connectivity index (χ3n) is 9.29. The van der Waals surface area contributed by atoms with Crippen LogP contribution in [0.25, 0.3) is 44.4 Å². The Kier molecular flexibility index (Phi) is 7.93. The maximum atomic E-state index is 6.73. The topological polar surface area (TPSA) is 44.9 Å². The number of nitrogens with zero attached hydrogens (tertiary/aromatic N) is 4. The molecule has 0 atom stereocenters. The summed E-state index contributed by atoms with van der Waals surface area (Å²) < 4.78 is 11.1. The van der Waals surface area contributed by atoms with Gasteiger partial charge in [-0.05, 0) is 110 Å². The number of fused-ring (bicyclic) bond motifs is 3. The predicted octanol–water partition coefficient (Wildman–Crippen LogP) is 11.0. The van der Waals surface area contributed by atoms with Gasteiger partial charge in [0.25, 0.3) is 0 Å². The Morgan fingerprint density at radius 1 is 0.702 bits per heavy atom. The van der Waals surface area contributed by atoms with Crippen molar-refractivity contribution in [3.05, 3.63) is 131 Å². The second kappa shape index (κ2) is 12.2. The van der Waals surface area contributed by atoms with Gasteiger partial charge in [0.2, 0.25) is 0 Å². The van der Waals surface area contributed by atoms with Crippen molar-refractivity contribution in [3.63, 3.8) is 0 Å². The molecule has 7 aromatic rings. The number of pyridine rings is 1. The van der Waals surface area contributed by atoms with Crippen molar-refractivity contribution in [1.82, 2.24) is 19.3 Å². The van der Waals surface area contributed by atoms with Crippen molar-refractivity contribution in [2.75, 3.05) is 0 Å². The van der Waals surface area contributed by atoms with Gasteiger partial charge in [-0.3, -0.25) is 4.57 Å². The molecular formula is C42H42N4O. The molecule has 5 heteroatoms. The van der Waals surface area contributed by atoms with E-state index in [1.807, 2.05) is 12.3 Å². The van der Waals surface area contributed by atoms with Gasteiger partial charge in [0.15, 0.2) is 0 Å². The molecule has 0 saturated heterocycles. The molecule has 0 amide bonds. The summed E-state index contributed by atoms with van der Waals surface area (Å²) >= 11 is 0. The van der Waals surface area contributed by atoms with E-state index < -0.39 is 0 Å². The van der Waals surface area contributed by atoms with Crippen LogP contribution in [-0.2, 0) is 12.8 Å². The number of benzene rings is 4. The largest absolute Gasteiger partial charge is 0.457 e. The molecule has 0 spiro atoms.